The first-order valence-electron chi connectivity index (χ1n) is 10.3. The summed E-state index contributed by atoms with van der Waals surface area (Å²) in [6.07, 6.45) is 4.46. The summed E-state index contributed by atoms with van der Waals surface area (Å²) in [5, 5.41) is 8.33. The first kappa shape index (κ1) is 22.6. The topological polar surface area (TPSA) is 100 Å². The van der Waals surface area contributed by atoms with Crippen LogP contribution in [0.3, 0.4) is 0 Å². The van der Waals surface area contributed by atoms with Crippen LogP contribution in [0.5, 0.6) is 0 Å². The van der Waals surface area contributed by atoms with Crippen LogP contribution in [0.15, 0.2) is 83.5 Å². The highest BCUT2D eigenvalue weighted by molar-refractivity contribution is 6.04. The summed E-state index contributed by atoms with van der Waals surface area (Å²) in [7, 11) is 0. The SMILES string of the molecule is CC(NC(=O)c1ccccc1NC(=O)CCNC(=O)/C=C/c1ccco1)c1ccccc1. The third kappa shape index (κ3) is 6.70. The van der Waals surface area contributed by atoms with Crippen molar-refractivity contribution >= 4 is 29.5 Å². The molecule has 1 atom stereocenters. The van der Waals surface area contributed by atoms with Crippen molar-refractivity contribution in [2.45, 2.75) is 19.4 Å². The lowest BCUT2D eigenvalue weighted by molar-refractivity contribution is -0.117. The predicted octanol–water partition coefficient (Wildman–Crippen LogP) is 3.93. The average Bonchev–Trinajstić information content (AvgIpc) is 3.32. The molecule has 7 heteroatoms. The Morgan fingerprint density at radius 3 is 2.47 bits per heavy atom. The van der Waals surface area contributed by atoms with Gasteiger partial charge < -0.3 is 20.4 Å². The number of carbonyl (C=O) groups is 3. The number of hydrogen-bond acceptors (Lipinski definition) is 4. The molecule has 0 bridgehead atoms. The molecule has 2 aromatic carbocycles. The summed E-state index contributed by atoms with van der Waals surface area (Å²) in [6, 6.07) is 19.7. The average molecular weight is 431 g/mol. The van der Waals surface area contributed by atoms with Crippen molar-refractivity contribution in [2.24, 2.45) is 0 Å². The van der Waals surface area contributed by atoms with Gasteiger partial charge in [0.15, 0.2) is 0 Å². The van der Waals surface area contributed by atoms with Crippen molar-refractivity contribution in [2.75, 3.05) is 11.9 Å². The number of benzene rings is 2. The molecule has 0 saturated carbocycles. The molecule has 0 aliphatic heterocycles. The lowest BCUT2D eigenvalue weighted by Gasteiger charge is -2.16. The maximum absolute atomic E-state index is 12.8. The van der Waals surface area contributed by atoms with E-state index in [1.54, 1.807) is 42.5 Å². The highest BCUT2D eigenvalue weighted by Gasteiger charge is 2.16. The zero-order valence-electron chi connectivity index (χ0n) is 17.7. The van der Waals surface area contributed by atoms with Crippen LogP contribution in [-0.2, 0) is 9.59 Å². The Bertz CT molecular complexity index is 1080. The zero-order chi connectivity index (χ0) is 22.8. The van der Waals surface area contributed by atoms with Crippen LogP contribution in [0.25, 0.3) is 6.08 Å². The van der Waals surface area contributed by atoms with Gasteiger partial charge in [-0.05, 0) is 42.8 Å². The van der Waals surface area contributed by atoms with E-state index < -0.39 is 0 Å². The van der Waals surface area contributed by atoms with Crippen molar-refractivity contribution in [3.63, 3.8) is 0 Å². The Kier molecular flexibility index (Phi) is 7.97. The van der Waals surface area contributed by atoms with E-state index in [2.05, 4.69) is 16.0 Å². The highest BCUT2D eigenvalue weighted by atomic mass is 16.3. The predicted molar refractivity (Wildman–Crippen MR) is 123 cm³/mol. The van der Waals surface area contributed by atoms with Crippen LogP contribution < -0.4 is 16.0 Å². The summed E-state index contributed by atoms with van der Waals surface area (Å²) >= 11 is 0. The zero-order valence-corrected chi connectivity index (χ0v) is 17.7. The van der Waals surface area contributed by atoms with E-state index in [1.807, 2.05) is 37.3 Å². The van der Waals surface area contributed by atoms with Gasteiger partial charge in [-0.2, -0.15) is 0 Å². The number of carbonyl (C=O) groups excluding carboxylic acids is 3. The third-order valence-electron chi connectivity index (χ3n) is 4.69. The highest BCUT2D eigenvalue weighted by Crippen LogP contribution is 2.18. The minimum absolute atomic E-state index is 0.0662. The molecular formula is C25H25N3O4. The molecule has 3 aromatic rings. The van der Waals surface area contributed by atoms with E-state index in [9.17, 15) is 14.4 Å². The fourth-order valence-electron chi connectivity index (χ4n) is 3.00. The second kappa shape index (κ2) is 11.3. The molecule has 0 radical (unpaired) electrons. The molecule has 3 amide bonds. The molecule has 3 N–H and O–H groups in total. The van der Waals surface area contributed by atoms with Crippen molar-refractivity contribution < 1.29 is 18.8 Å². The lowest BCUT2D eigenvalue weighted by Crippen LogP contribution is -2.29. The second-order valence-electron chi connectivity index (χ2n) is 7.09. The van der Waals surface area contributed by atoms with Gasteiger partial charge in [0.1, 0.15) is 5.76 Å². The van der Waals surface area contributed by atoms with Crippen molar-refractivity contribution in [1.29, 1.82) is 0 Å². The number of para-hydroxylation sites is 1. The maximum atomic E-state index is 12.8. The number of furan rings is 1. The van der Waals surface area contributed by atoms with E-state index in [1.165, 1.54) is 12.3 Å². The normalized spacial score (nSPS) is 11.7. The van der Waals surface area contributed by atoms with E-state index in [0.717, 1.165) is 5.56 Å². The molecular weight excluding hydrogens is 406 g/mol. The largest absolute Gasteiger partial charge is 0.465 e. The van der Waals surface area contributed by atoms with Gasteiger partial charge in [0.25, 0.3) is 5.91 Å². The van der Waals surface area contributed by atoms with E-state index in [0.29, 0.717) is 17.0 Å². The van der Waals surface area contributed by atoms with E-state index in [-0.39, 0.29) is 36.7 Å². The molecule has 0 saturated heterocycles. The minimum Gasteiger partial charge on any atom is -0.465 e. The third-order valence-corrected chi connectivity index (χ3v) is 4.69. The van der Waals surface area contributed by atoms with Crippen LogP contribution in [0.2, 0.25) is 0 Å². The standard InChI is InChI=1S/C25H25N3O4/c1-18(19-8-3-2-4-9-19)27-25(31)21-11-5-6-12-22(21)28-24(30)15-16-26-23(29)14-13-20-10-7-17-32-20/h2-14,17-18H,15-16H2,1H3,(H,26,29)(H,27,31)(H,28,30)/b14-13+. The Morgan fingerprint density at radius 2 is 1.72 bits per heavy atom. The summed E-state index contributed by atoms with van der Waals surface area (Å²) < 4.78 is 5.11. The van der Waals surface area contributed by atoms with Crippen LogP contribution in [0, 0.1) is 0 Å². The molecule has 164 valence electrons. The van der Waals surface area contributed by atoms with Crippen LogP contribution in [0.1, 0.15) is 41.1 Å². The molecule has 0 fully saturated rings. The van der Waals surface area contributed by atoms with Crippen LogP contribution in [-0.4, -0.2) is 24.3 Å². The van der Waals surface area contributed by atoms with Gasteiger partial charge in [-0.3, -0.25) is 14.4 Å². The Balaban J connectivity index is 1.51. The number of rotatable bonds is 9. The van der Waals surface area contributed by atoms with Gasteiger partial charge in [-0.1, -0.05) is 42.5 Å². The smallest absolute Gasteiger partial charge is 0.253 e. The summed E-state index contributed by atoms with van der Waals surface area (Å²) in [6.45, 7) is 2.06. The fourth-order valence-corrected chi connectivity index (χ4v) is 3.00. The second-order valence-corrected chi connectivity index (χ2v) is 7.09. The fraction of sp³-hybridized carbons (Fsp3) is 0.160. The maximum Gasteiger partial charge on any atom is 0.253 e. The Hall–Kier alpha value is -4.13. The van der Waals surface area contributed by atoms with E-state index >= 15 is 0 Å². The molecule has 7 nitrogen and oxygen atoms in total. The monoisotopic (exact) mass is 431 g/mol. The minimum atomic E-state index is -0.330. The molecule has 0 aliphatic rings. The summed E-state index contributed by atoms with van der Waals surface area (Å²) in [5.74, 6) is -0.358. The van der Waals surface area contributed by atoms with Crippen LogP contribution >= 0.6 is 0 Å². The van der Waals surface area contributed by atoms with Gasteiger partial charge in [0.05, 0.1) is 23.6 Å². The summed E-state index contributed by atoms with van der Waals surface area (Å²) in [5.41, 5.74) is 1.77. The lowest BCUT2D eigenvalue weighted by atomic mass is 10.1. The van der Waals surface area contributed by atoms with Gasteiger partial charge in [0, 0.05) is 19.0 Å². The molecule has 1 unspecified atom stereocenters. The first-order valence-corrected chi connectivity index (χ1v) is 10.3. The number of hydrogen-bond donors (Lipinski definition) is 3. The van der Waals surface area contributed by atoms with Crippen molar-refractivity contribution in [3.8, 4) is 0 Å². The van der Waals surface area contributed by atoms with Crippen molar-refractivity contribution in [1.82, 2.24) is 10.6 Å². The number of nitrogens with one attached hydrogen (secondary N) is 3. The molecule has 0 aliphatic carbocycles. The summed E-state index contributed by atoms with van der Waals surface area (Å²) in [4.78, 5) is 36.9. The van der Waals surface area contributed by atoms with Gasteiger partial charge in [0.2, 0.25) is 11.8 Å². The number of anilines is 1. The van der Waals surface area contributed by atoms with Crippen molar-refractivity contribution in [3.05, 3.63) is 96.0 Å². The quantitative estimate of drug-likeness (QED) is 0.447. The van der Waals surface area contributed by atoms with Gasteiger partial charge in [-0.25, -0.2) is 0 Å². The molecule has 1 heterocycles. The molecule has 0 spiro atoms. The van der Waals surface area contributed by atoms with Gasteiger partial charge in [-0.15, -0.1) is 0 Å². The van der Waals surface area contributed by atoms with Gasteiger partial charge >= 0.3 is 0 Å². The number of amides is 3. The van der Waals surface area contributed by atoms with Crippen LogP contribution in [0.4, 0.5) is 5.69 Å². The molecule has 1 aromatic heterocycles. The molecule has 32 heavy (non-hydrogen) atoms. The van der Waals surface area contributed by atoms with E-state index in [4.69, 9.17) is 4.42 Å². The first-order chi connectivity index (χ1) is 15.5. The Morgan fingerprint density at radius 1 is 0.969 bits per heavy atom. The molecule has 3 rings (SSSR count). The Labute approximate surface area is 186 Å².